The molecule has 0 N–H and O–H groups in total. The van der Waals surface area contributed by atoms with E-state index < -0.39 is 0 Å². The standard InChI is InChI=1S/C32H36O2/c1-21-19-29-28-18-10-17-27(24-13-7-4-8-14-24)32(28)34-30(29)20-22(2)33-31-25(21)15-9-16-26(31)23-11-5-3-6-12-23/h9-10,15-20,23-24H,3-8,11-14H2,1-2H3. The van der Waals surface area contributed by atoms with E-state index in [0.29, 0.717) is 11.8 Å². The molecule has 0 aliphatic heterocycles. The van der Waals surface area contributed by atoms with Crippen molar-refractivity contribution in [2.45, 2.75) is 89.9 Å². The molecule has 0 spiro atoms. The van der Waals surface area contributed by atoms with Gasteiger partial charge in [0.1, 0.15) is 22.5 Å². The molecule has 2 aliphatic rings. The van der Waals surface area contributed by atoms with Crippen molar-refractivity contribution in [1.82, 2.24) is 0 Å². The molecular weight excluding hydrogens is 416 g/mol. The van der Waals surface area contributed by atoms with Crippen LogP contribution in [0.4, 0.5) is 0 Å². The molecule has 34 heavy (non-hydrogen) atoms. The van der Waals surface area contributed by atoms with Gasteiger partial charge in [0.15, 0.2) is 0 Å². The van der Waals surface area contributed by atoms with Crippen LogP contribution in [-0.2, 0) is 0 Å². The van der Waals surface area contributed by atoms with Crippen LogP contribution >= 0.6 is 0 Å². The lowest BCUT2D eigenvalue weighted by Gasteiger charge is -2.22. The van der Waals surface area contributed by atoms with Crippen molar-refractivity contribution < 1.29 is 8.83 Å². The molecule has 2 aromatic carbocycles. The first-order valence-corrected chi connectivity index (χ1v) is 13.4. The van der Waals surface area contributed by atoms with Gasteiger partial charge in [-0.3, -0.25) is 0 Å². The van der Waals surface area contributed by atoms with Crippen LogP contribution in [0.2, 0.25) is 0 Å². The zero-order valence-electron chi connectivity index (χ0n) is 20.7. The van der Waals surface area contributed by atoms with Gasteiger partial charge in [0.2, 0.25) is 0 Å². The van der Waals surface area contributed by atoms with E-state index in [-0.39, 0.29) is 0 Å². The zero-order chi connectivity index (χ0) is 23.1. The topological polar surface area (TPSA) is 26.3 Å². The number of furan rings is 1. The van der Waals surface area contributed by atoms with E-state index in [9.17, 15) is 0 Å². The third-order valence-electron chi connectivity index (χ3n) is 8.33. The highest BCUT2D eigenvalue weighted by atomic mass is 16.3. The summed E-state index contributed by atoms with van der Waals surface area (Å²) in [6, 6.07) is 17.9. The fourth-order valence-corrected chi connectivity index (χ4v) is 6.55. The van der Waals surface area contributed by atoms with Gasteiger partial charge < -0.3 is 8.83 Å². The summed E-state index contributed by atoms with van der Waals surface area (Å²) in [7, 11) is 0. The van der Waals surface area contributed by atoms with Gasteiger partial charge in [-0.05, 0) is 74.1 Å². The summed E-state index contributed by atoms with van der Waals surface area (Å²) < 4.78 is 13.3. The predicted molar refractivity (Wildman–Crippen MR) is 142 cm³/mol. The smallest absolute Gasteiger partial charge is 0.138 e. The minimum absolute atomic E-state index is 0.597. The first-order chi connectivity index (χ1) is 16.7. The Hall–Kier alpha value is -2.74. The fraction of sp³-hybridized carbons (Fsp3) is 0.438. The van der Waals surface area contributed by atoms with Gasteiger partial charge in [-0.15, -0.1) is 0 Å². The Kier molecular flexibility index (Phi) is 5.85. The van der Waals surface area contributed by atoms with Gasteiger partial charge in [-0.1, -0.05) is 74.9 Å². The number of aryl methyl sites for hydroxylation is 2. The summed E-state index contributed by atoms with van der Waals surface area (Å²) in [5, 5.41) is 3.62. The lowest BCUT2D eigenvalue weighted by molar-refractivity contribution is 0.439. The molecule has 2 aliphatic carbocycles. The Morgan fingerprint density at radius 2 is 1.15 bits per heavy atom. The molecule has 2 heterocycles. The van der Waals surface area contributed by atoms with Crippen LogP contribution in [0.15, 0.2) is 57.4 Å². The molecule has 6 rings (SSSR count). The Balaban J connectivity index is 1.61. The number of benzene rings is 2. The van der Waals surface area contributed by atoms with E-state index in [4.69, 9.17) is 8.83 Å². The van der Waals surface area contributed by atoms with Crippen molar-refractivity contribution in [3.05, 3.63) is 71.0 Å². The normalized spacial score (nSPS) is 18.1. The van der Waals surface area contributed by atoms with E-state index in [1.54, 1.807) is 0 Å². The van der Waals surface area contributed by atoms with Gasteiger partial charge in [0.25, 0.3) is 0 Å². The minimum Gasteiger partial charge on any atom is -0.461 e. The van der Waals surface area contributed by atoms with Crippen molar-refractivity contribution in [3.63, 3.8) is 0 Å². The molecule has 4 aromatic rings. The maximum absolute atomic E-state index is 6.63. The van der Waals surface area contributed by atoms with E-state index in [1.807, 2.05) is 0 Å². The molecule has 2 nitrogen and oxygen atoms in total. The fourth-order valence-electron chi connectivity index (χ4n) is 6.55. The Labute approximate surface area is 202 Å². The lowest BCUT2D eigenvalue weighted by Crippen LogP contribution is -2.05. The van der Waals surface area contributed by atoms with Crippen molar-refractivity contribution >= 4 is 32.9 Å². The molecule has 2 heteroatoms. The Morgan fingerprint density at radius 3 is 1.76 bits per heavy atom. The Bertz CT molecular complexity index is 1390. The number of hydrogen-bond donors (Lipinski definition) is 0. The van der Waals surface area contributed by atoms with E-state index in [2.05, 4.69) is 62.4 Å². The van der Waals surface area contributed by atoms with Gasteiger partial charge in [-0.25, -0.2) is 0 Å². The first kappa shape index (κ1) is 21.8. The summed E-state index contributed by atoms with van der Waals surface area (Å²) in [4.78, 5) is 0. The number of para-hydroxylation sites is 2. The average Bonchev–Trinajstić information content (AvgIpc) is 3.23. The van der Waals surface area contributed by atoms with Crippen molar-refractivity contribution in [2.75, 3.05) is 0 Å². The Morgan fingerprint density at radius 1 is 0.588 bits per heavy atom. The third-order valence-corrected chi connectivity index (χ3v) is 8.33. The molecule has 0 amide bonds. The highest BCUT2D eigenvalue weighted by Crippen LogP contribution is 2.41. The lowest BCUT2D eigenvalue weighted by atomic mass is 9.83. The van der Waals surface area contributed by atoms with E-state index in [1.165, 1.54) is 97.1 Å². The SMILES string of the molecule is Cc1cc2oc3c(C4CCCCC4)cccc3c2cc(C)c2cccc(C3CCCCC3)c2o1. The van der Waals surface area contributed by atoms with Crippen LogP contribution < -0.4 is 0 Å². The molecule has 2 fully saturated rings. The largest absolute Gasteiger partial charge is 0.461 e. The second-order valence-corrected chi connectivity index (χ2v) is 10.7. The molecular formula is C32H36O2. The molecule has 2 saturated carbocycles. The van der Waals surface area contributed by atoms with Gasteiger partial charge in [0.05, 0.1) is 0 Å². The van der Waals surface area contributed by atoms with Gasteiger partial charge in [-0.2, -0.15) is 0 Å². The van der Waals surface area contributed by atoms with Gasteiger partial charge >= 0.3 is 0 Å². The van der Waals surface area contributed by atoms with Crippen LogP contribution in [0.3, 0.4) is 0 Å². The summed E-state index contributed by atoms with van der Waals surface area (Å²) in [5.41, 5.74) is 7.05. The molecule has 0 radical (unpaired) electrons. The van der Waals surface area contributed by atoms with Crippen LogP contribution in [0.25, 0.3) is 32.9 Å². The van der Waals surface area contributed by atoms with Gasteiger partial charge in [0, 0.05) is 22.2 Å². The second-order valence-electron chi connectivity index (χ2n) is 10.7. The number of hydrogen-bond acceptors (Lipinski definition) is 2. The number of rotatable bonds is 2. The van der Waals surface area contributed by atoms with E-state index in [0.717, 1.165) is 22.5 Å². The molecule has 0 bridgehead atoms. The molecule has 2 aromatic heterocycles. The quantitative estimate of drug-likeness (QED) is 0.302. The highest BCUT2D eigenvalue weighted by molar-refractivity contribution is 6.06. The highest BCUT2D eigenvalue weighted by Gasteiger charge is 2.22. The molecule has 0 atom stereocenters. The minimum atomic E-state index is 0.597. The molecule has 0 unspecified atom stereocenters. The van der Waals surface area contributed by atoms with Crippen molar-refractivity contribution in [1.29, 1.82) is 0 Å². The zero-order valence-corrected chi connectivity index (χ0v) is 20.7. The maximum Gasteiger partial charge on any atom is 0.138 e. The molecule has 176 valence electrons. The third kappa shape index (κ3) is 3.91. The summed E-state index contributed by atoms with van der Waals surface area (Å²) in [6.07, 6.45) is 13.1. The summed E-state index contributed by atoms with van der Waals surface area (Å²) in [5.74, 6) is 2.11. The van der Waals surface area contributed by atoms with Crippen LogP contribution in [0.1, 0.15) is 98.5 Å². The van der Waals surface area contributed by atoms with Crippen molar-refractivity contribution in [3.8, 4) is 0 Å². The monoisotopic (exact) mass is 452 g/mol. The average molecular weight is 453 g/mol. The van der Waals surface area contributed by atoms with Crippen LogP contribution in [0, 0.1) is 13.8 Å². The first-order valence-electron chi connectivity index (χ1n) is 13.4. The second kappa shape index (κ2) is 9.13. The summed E-state index contributed by atoms with van der Waals surface area (Å²) in [6.45, 7) is 4.29. The van der Waals surface area contributed by atoms with Crippen LogP contribution in [0.5, 0.6) is 0 Å². The van der Waals surface area contributed by atoms with Crippen molar-refractivity contribution in [2.24, 2.45) is 0 Å². The predicted octanol–water partition coefficient (Wildman–Crippen LogP) is 10.2. The number of fused-ring (bicyclic) bond motifs is 4. The maximum atomic E-state index is 6.63. The molecule has 0 saturated heterocycles. The van der Waals surface area contributed by atoms with E-state index >= 15 is 0 Å². The summed E-state index contributed by atoms with van der Waals surface area (Å²) >= 11 is 0. The van der Waals surface area contributed by atoms with Crippen LogP contribution in [-0.4, -0.2) is 0 Å².